The van der Waals surface area contributed by atoms with Gasteiger partial charge >= 0.3 is 63.5 Å². The molecule has 0 aliphatic heterocycles. The largest absolute Gasteiger partial charge is 1.00 e. The fourth-order valence-corrected chi connectivity index (χ4v) is 0.596. The molecular weight excluding hydrogens is 223 g/mol. The van der Waals surface area contributed by atoms with Crippen molar-refractivity contribution in [3.63, 3.8) is 0 Å². The molecule has 14 heavy (non-hydrogen) atoms. The van der Waals surface area contributed by atoms with Gasteiger partial charge in [0, 0.05) is 6.92 Å². The van der Waals surface area contributed by atoms with Crippen LogP contribution in [0.4, 0.5) is 0 Å². The molecule has 0 saturated heterocycles. The second kappa shape index (κ2) is 8.23. The summed E-state index contributed by atoms with van der Waals surface area (Å²) in [5, 5.41) is 20.1. The third-order valence-electron chi connectivity index (χ3n) is 1.17. The number of esters is 1. The van der Waals surface area contributed by atoms with Crippen LogP contribution >= 0.6 is 0 Å². The minimum absolute atomic E-state index is 0. The van der Waals surface area contributed by atoms with Gasteiger partial charge in [-0.1, -0.05) is 0 Å². The van der Waals surface area contributed by atoms with Crippen LogP contribution in [-0.4, -0.2) is 28.6 Å². The normalized spacial score (nSPS) is 9.00. The molecular formula is C5H8KN2O6+. The van der Waals surface area contributed by atoms with Crippen molar-refractivity contribution < 1.29 is 70.8 Å². The van der Waals surface area contributed by atoms with Crippen LogP contribution in [-0.2, 0) is 9.53 Å². The third-order valence-corrected chi connectivity index (χ3v) is 1.17. The van der Waals surface area contributed by atoms with E-state index in [1.807, 2.05) is 0 Å². The van der Waals surface area contributed by atoms with Gasteiger partial charge in [-0.25, -0.2) is 0 Å². The smallest absolute Gasteiger partial charge is 0.465 e. The second-order valence-electron chi connectivity index (χ2n) is 2.18. The molecule has 0 aliphatic carbocycles. The van der Waals surface area contributed by atoms with E-state index in [4.69, 9.17) is 0 Å². The zero-order valence-corrected chi connectivity index (χ0v) is 11.0. The summed E-state index contributed by atoms with van der Waals surface area (Å²) in [7, 11) is 0. The van der Waals surface area contributed by atoms with Crippen LogP contribution in [0.15, 0.2) is 0 Å². The van der Waals surface area contributed by atoms with Crippen molar-refractivity contribution in [1.82, 2.24) is 0 Å². The molecule has 9 heteroatoms. The molecule has 74 valence electrons. The summed E-state index contributed by atoms with van der Waals surface area (Å²) in [5.41, 5.74) is 0. The summed E-state index contributed by atoms with van der Waals surface area (Å²) in [6.45, 7) is 0.801. The van der Waals surface area contributed by atoms with E-state index in [9.17, 15) is 25.0 Å². The van der Waals surface area contributed by atoms with Gasteiger partial charge in [-0.05, 0) is 0 Å². The number of carbonyl (C=O) groups excluding carboxylic acids is 1. The molecule has 0 spiro atoms. The van der Waals surface area contributed by atoms with Gasteiger partial charge in [-0.15, -0.1) is 0 Å². The van der Waals surface area contributed by atoms with Gasteiger partial charge in [0.25, 0.3) is 0 Å². The van der Waals surface area contributed by atoms with Gasteiger partial charge in [0.2, 0.25) is 0 Å². The molecule has 0 N–H and O–H groups in total. The molecule has 0 heterocycles. The molecule has 0 atom stereocenters. The minimum Gasteiger partial charge on any atom is -0.465 e. The molecule has 0 unspecified atom stereocenters. The van der Waals surface area contributed by atoms with E-state index in [1.54, 1.807) is 0 Å². The van der Waals surface area contributed by atoms with Gasteiger partial charge in [-0.3, -0.25) is 25.0 Å². The number of nitrogens with zero attached hydrogens (tertiary/aromatic N) is 2. The van der Waals surface area contributed by atoms with Gasteiger partial charge in [0.15, 0.2) is 0 Å². The molecule has 0 amide bonds. The summed E-state index contributed by atoms with van der Waals surface area (Å²) in [6, 6.07) is 0. The quantitative estimate of drug-likeness (QED) is 0.162. The molecule has 0 bridgehead atoms. The maximum Gasteiger partial charge on any atom is 1.00 e. The van der Waals surface area contributed by atoms with E-state index in [-0.39, 0.29) is 58.0 Å². The molecule has 0 aromatic carbocycles. The van der Waals surface area contributed by atoms with Crippen LogP contribution in [0.3, 0.4) is 0 Å². The summed E-state index contributed by atoms with van der Waals surface area (Å²) in [6.07, 6.45) is -2.32. The Morgan fingerprint density at radius 2 is 1.79 bits per heavy atom. The summed E-state index contributed by atoms with van der Waals surface area (Å²) >= 11 is 0. The number of rotatable bonds is 5. The van der Waals surface area contributed by atoms with Gasteiger partial charge in [0.05, 0.1) is 9.85 Å². The van der Waals surface area contributed by atoms with Crippen molar-refractivity contribution >= 4 is 5.97 Å². The molecule has 0 fully saturated rings. The van der Waals surface area contributed by atoms with Crippen LogP contribution in [0.2, 0.25) is 0 Å². The predicted octanol–water partition coefficient (Wildman–Crippen LogP) is -3.18. The average molecular weight is 231 g/mol. The number of hydrogen-bond donors (Lipinski definition) is 0. The Morgan fingerprint density at radius 3 is 2.07 bits per heavy atom. The molecule has 0 saturated carbocycles. The monoisotopic (exact) mass is 231 g/mol. The van der Waals surface area contributed by atoms with Crippen LogP contribution in [0, 0.1) is 20.2 Å². The van der Waals surface area contributed by atoms with Gasteiger partial charge < -0.3 is 4.74 Å². The first-order valence-electron chi connectivity index (χ1n) is 3.35. The van der Waals surface area contributed by atoms with Crippen LogP contribution < -0.4 is 51.4 Å². The maximum atomic E-state index is 10.2. The average Bonchev–Trinajstić information content (AvgIpc) is 1.95. The molecule has 0 radical (unpaired) electrons. The van der Waals surface area contributed by atoms with E-state index in [0.29, 0.717) is 0 Å². The molecule has 0 rings (SSSR count). The van der Waals surface area contributed by atoms with Gasteiger partial charge in [-0.2, -0.15) is 0 Å². The standard InChI is InChI=1S/C5H8N2O6.K/c1-4(8)13-3-2-5(6(9)10)7(11)12;/h5H,2-3H2,1H3;/q;+1. The molecule has 0 aliphatic rings. The number of hydrogen-bond acceptors (Lipinski definition) is 6. The van der Waals surface area contributed by atoms with Crippen molar-refractivity contribution in [3.05, 3.63) is 20.2 Å². The van der Waals surface area contributed by atoms with Crippen LogP contribution in [0.25, 0.3) is 0 Å². The Bertz CT molecular complexity index is 218. The second-order valence-corrected chi connectivity index (χ2v) is 2.18. The Labute approximate surface area is 122 Å². The Kier molecular flexibility index (Phi) is 9.61. The van der Waals surface area contributed by atoms with Crippen LogP contribution in [0.1, 0.15) is 13.3 Å². The Balaban J connectivity index is 0. The predicted molar refractivity (Wildman–Crippen MR) is 39.0 cm³/mol. The molecule has 8 nitrogen and oxygen atoms in total. The summed E-state index contributed by atoms with van der Waals surface area (Å²) < 4.78 is 4.32. The van der Waals surface area contributed by atoms with Crippen molar-refractivity contribution in [1.29, 1.82) is 0 Å². The minimum atomic E-state index is -1.90. The van der Waals surface area contributed by atoms with Crippen LogP contribution in [0.5, 0.6) is 0 Å². The van der Waals surface area contributed by atoms with Crippen molar-refractivity contribution in [2.24, 2.45) is 0 Å². The van der Waals surface area contributed by atoms with E-state index in [1.165, 1.54) is 0 Å². The van der Waals surface area contributed by atoms with E-state index in [0.717, 1.165) is 6.92 Å². The van der Waals surface area contributed by atoms with E-state index in [2.05, 4.69) is 4.74 Å². The first kappa shape index (κ1) is 16.3. The Hall–Kier alpha value is -0.0936. The topological polar surface area (TPSA) is 113 Å². The zero-order valence-electron chi connectivity index (χ0n) is 7.84. The summed E-state index contributed by atoms with van der Waals surface area (Å²) in [4.78, 5) is 28.2. The van der Waals surface area contributed by atoms with Crippen molar-refractivity contribution in [3.8, 4) is 0 Å². The first-order valence-corrected chi connectivity index (χ1v) is 3.35. The molecule has 0 aromatic heterocycles. The SMILES string of the molecule is CC(=O)OCCC([N+](=O)[O-])[N+](=O)[O-].[K+]. The summed E-state index contributed by atoms with van der Waals surface area (Å²) in [5.74, 6) is -0.620. The first-order chi connectivity index (χ1) is 5.95. The van der Waals surface area contributed by atoms with Crippen molar-refractivity contribution in [2.45, 2.75) is 19.5 Å². The Morgan fingerprint density at radius 1 is 1.36 bits per heavy atom. The third kappa shape index (κ3) is 7.32. The fourth-order valence-electron chi connectivity index (χ4n) is 0.596. The fraction of sp³-hybridized carbons (Fsp3) is 0.800. The maximum absolute atomic E-state index is 10.2. The number of ether oxygens (including phenoxy) is 1. The number of carbonyl (C=O) groups is 1. The van der Waals surface area contributed by atoms with Gasteiger partial charge in [0.1, 0.15) is 13.0 Å². The zero-order chi connectivity index (χ0) is 10.4. The molecule has 0 aromatic rings. The van der Waals surface area contributed by atoms with E-state index >= 15 is 0 Å². The number of nitro groups is 2. The van der Waals surface area contributed by atoms with E-state index < -0.39 is 28.4 Å². The van der Waals surface area contributed by atoms with Crippen molar-refractivity contribution in [2.75, 3.05) is 6.61 Å².